The van der Waals surface area contributed by atoms with Gasteiger partial charge in [0.05, 0.1) is 5.69 Å². The summed E-state index contributed by atoms with van der Waals surface area (Å²) in [6, 6.07) is 8.17. The fourth-order valence-corrected chi connectivity index (χ4v) is 2.38. The molecule has 3 aromatic rings. The Morgan fingerprint density at radius 1 is 1.20 bits per heavy atom. The second kappa shape index (κ2) is 4.68. The highest BCUT2D eigenvalue weighted by molar-refractivity contribution is 5.64. The molecule has 0 bridgehead atoms. The fourth-order valence-electron chi connectivity index (χ4n) is 2.38. The van der Waals surface area contributed by atoms with Gasteiger partial charge >= 0.3 is 0 Å². The van der Waals surface area contributed by atoms with Crippen LogP contribution in [-0.4, -0.2) is 14.6 Å². The van der Waals surface area contributed by atoms with Crippen molar-refractivity contribution < 1.29 is 4.39 Å². The SMILES string of the molecule is Cc1nc2cc(-c3ccc(F)cc3)nn2c(C)c1CN. The number of nitrogens with two attached hydrogens (primary N) is 1. The summed E-state index contributed by atoms with van der Waals surface area (Å²) in [7, 11) is 0. The van der Waals surface area contributed by atoms with Gasteiger partial charge in [-0.05, 0) is 38.1 Å². The minimum absolute atomic E-state index is 0.256. The number of aryl methyl sites for hydroxylation is 2. The van der Waals surface area contributed by atoms with E-state index < -0.39 is 0 Å². The summed E-state index contributed by atoms with van der Waals surface area (Å²) >= 11 is 0. The zero-order chi connectivity index (χ0) is 14.3. The van der Waals surface area contributed by atoms with E-state index in [1.165, 1.54) is 12.1 Å². The topological polar surface area (TPSA) is 56.2 Å². The molecule has 0 aliphatic carbocycles. The van der Waals surface area contributed by atoms with Crippen molar-refractivity contribution in [3.05, 3.63) is 53.1 Å². The van der Waals surface area contributed by atoms with Gasteiger partial charge < -0.3 is 5.73 Å². The number of aromatic nitrogens is 3. The molecule has 0 unspecified atom stereocenters. The van der Waals surface area contributed by atoms with Crippen LogP contribution >= 0.6 is 0 Å². The Morgan fingerprint density at radius 3 is 2.55 bits per heavy atom. The van der Waals surface area contributed by atoms with Crippen molar-refractivity contribution in [3.8, 4) is 11.3 Å². The van der Waals surface area contributed by atoms with E-state index in [-0.39, 0.29) is 5.82 Å². The molecular weight excluding hydrogens is 255 g/mol. The van der Waals surface area contributed by atoms with Crippen LogP contribution in [0.1, 0.15) is 17.0 Å². The van der Waals surface area contributed by atoms with Gasteiger partial charge in [0.1, 0.15) is 5.82 Å². The molecule has 4 nitrogen and oxygen atoms in total. The molecule has 102 valence electrons. The van der Waals surface area contributed by atoms with Crippen molar-refractivity contribution in [1.29, 1.82) is 0 Å². The normalized spacial score (nSPS) is 11.2. The second-order valence-corrected chi connectivity index (χ2v) is 4.77. The molecule has 0 saturated carbocycles. The Hall–Kier alpha value is -2.27. The van der Waals surface area contributed by atoms with Crippen LogP contribution in [0.4, 0.5) is 4.39 Å². The Bertz CT molecular complexity index is 775. The molecule has 1 aromatic carbocycles. The fraction of sp³-hybridized carbons (Fsp3) is 0.200. The zero-order valence-electron chi connectivity index (χ0n) is 11.4. The van der Waals surface area contributed by atoms with Gasteiger partial charge in [0.25, 0.3) is 0 Å². The molecule has 20 heavy (non-hydrogen) atoms. The summed E-state index contributed by atoms with van der Waals surface area (Å²) in [5, 5.41) is 4.54. The molecule has 2 aromatic heterocycles. The molecule has 3 rings (SSSR count). The first-order valence-corrected chi connectivity index (χ1v) is 6.42. The van der Waals surface area contributed by atoms with E-state index in [2.05, 4.69) is 10.1 Å². The van der Waals surface area contributed by atoms with Crippen molar-refractivity contribution in [2.75, 3.05) is 0 Å². The first-order chi connectivity index (χ1) is 9.60. The quantitative estimate of drug-likeness (QED) is 0.778. The first kappa shape index (κ1) is 12.7. The maximum Gasteiger partial charge on any atom is 0.156 e. The number of rotatable bonds is 2. The van der Waals surface area contributed by atoms with Crippen molar-refractivity contribution in [2.24, 2.45) is 5.73 Å². The third-order valence-corrected chi connectivity index (χ3v) is 3.51. The number of hydrogen-bond acceptors (Lipinski definition) is 3. The van der Waals surface area contributed by atoms with Gasteiger partial charge in [-0.25, -0.2) is 13.9 Å². The summed E-state index contributed by atoms with van der Waals surface area (Å²) < 4.78 is 14.8. The molecule has 0 fully saturated rings. The minimum Gasteiger partial charge on any atom is -0.326 e. The van der Waals surface area contributed by atoms with E-state index in [4.69, 9.17) is 5.73 Å². The summed E-state index contributed by atoms with van der Waals surface area (Å²) in [6.07, 6.45) is 0. The lowest BCUT2D eigenvalue weighted by atomic mass is 10.1. The number of benzene rings is 1. The van der Waals surface area contributed by atoms with E-state index in [9.17, 15) is 4.39 Å². The highest BCUT2D eigenvalue weighted by Gasteiger charge is 2.12. The third-order valence-electron chi connectivity index (χ3n) is 3.51. The van der Waals surface area contributed by atoms with Gasteiger partial charge in [-0.3, -0.25) is 0 Å². The van der Waals surface area contributed by atoms with Crippen LogP contribution in [0.25, 0.3) is 16.9 Å². The molecular formula is C15H15FN4. The maximum absolute atomic E-state index is 13.0. The van der Waals surface area contributed by atoms with Crippen LogP contribution < -0.4 is 5.73 Å². The van der Waals surface area contributed by atoms with E-state index in [0.717, 1.165) is 33.9 Å². The lowest BCUT2D eigenvalue weighted by Crippen LogP contribution is -2.09. The standard InChI is InChI=1S/C15H15FN4/c1-9-13(8-17)10(2)20-15(18-9)7-14(19-20)11-3-5-12(16)6-4-11/h3-7H,8,17H2,1-2H3. The van der Waals surface area contributed by atoms with E-state index >= 15 is 0 Å². The van der Waals surface area contributed by atoms with E-state index in [0.29, 0.717) is 6.54 Å². The van der Waals surface area contributed by atoms with Crippen molar-refractivity contribution in [3.63, 3.8) is 0 Å². The Balaban J connectivity index is 2.20. The molecule has 5 heteroatoms. The summed E-state index contributed by atoms with van der Waals surface area (Å²) in [4.78, 5) is 4.52. The van der Waals surface area contributed by atoms with Gasteiger partial charge in [-0.15, -0.1) is 0 Å². The maximum atomic E-state index is 13.0. The molecule has 0 amide bonds. The van der Waals surface area contributed by atoms with Gasteiger partial charge in [0.2, 0.25) is 0 Å². The molecule has 2 N–H and O–H groups in total. The molecule has 0 aliphatic heterocycles. The van der Waals surface area contributed by atoms with Crippen molar-refractivity contribution >= 4 is 5.65 Å². The van der Waals surface area contributed by atoms with Gasteiger partial charge in [-0.1, -0.05) is 0 Å². The van der Waals surface area contributed by atoms with Crippen LogP contribution in [0.2, 0.25) is 0 Å². The molecule has 0 atom stereocenters. The highest BCUT2D eigenvalue weighted by atomic mass is 19.1. The second-order valence-electron chi connectivity index (χ2n) is 4.77. The predicted octanol–water partition coefficient (Wildman–Crippen LogP) is 2.61. The van der Waals surface area contributed by atoms with Crippen LogP contribution in [0.3, 0.4) is 0 Å². The van der Waals surface area contributed by atoms with E-state index in [1.807, 2.05) is 19.9 Å². The lowest BCUT2D eigenvalue weighted by molar-refractivity contribution is 0.628. The molecule has 0 saturated heterocycles. The zero-order valence-corrected chi connectivity index (χ0v) is 11.4. The number of fused-ring (bicyclic) bond motifs is 1. The van der Waals surface area contributed by atoms with Gasteiger partial charge in [-0.2, -0.15) is 5.10 Å². The van der Waals surface area contributed by atoms with Crippen LogP contribution in [0.15, 0.2) is 30.3 Å². The third kappa shape index (κ3) is 1.96. The van der Waals surface area contributed by atoms with Crippen LogP contribution in [-0.2, 0) is 6.54 Å². The Morgan fingerprint density at radius 2 is 1.90 bits per heavy atom. The smallest absolute Gasteiger partial charge is 0.156 e. The highest BCUT2D eigenvalue weighted by Crippen LogP contribution is 2.22. The molecule has 0 spiro atoms. The average Bonchev–Trinajstić information content (AvgIpc) is 2.84. The largest absolute Gasteiger partial charge is 0.326 e. The van der Waals surface area contributed by atoms with Crippen LogP contribution in [0, 0.1) is 19.7 Å². The van der Waals surface area contributed by atoms with E-state index in [1.54, 1.807) is 16.6 Å². The molecule has 2 heterocycles. The average molecular weight is 270 g/mol. The van der Waals surface area contributed by atoms with Gasteiger partial charge in [0, 0.05) is 35.1 Å². The summed E-state index contributed by atoms with van der Waals surface area (Å²) in [5.41, 5.74) is 11.1. The predicted molar refractivity (Wildman–Crippen MR) is 75.7 cm³/mol. The number of halogens is 1. The lowest BCUT2D eigenvalue weighted by Gasteiger charge is -2.08. The Kier molecular flexibility index (Phi) is 2.99. The monoisotopic (exact) mass is 270 g/mol. The summed E-state index contributed by atoms with van der Waals surface area (Å²) in [6.45, 7) is 4.36. The van der Waals surface area contributed by atoms with Gasteiger partial charge in [0.15, 0.2) is 5.65 Å². The Labute approximate surface area is 116 Å². The molecule has 0 aliphatic rings. The minimum atomic E-state index is -0.256. The van der Waals surface area contributed by atoms with Crippen molar-refractivity contribution in [1.82, 2.24) is 14.6 Å². The summed E-state index contributed by atoms with van der Waals surface area (Å²) in [5.74, 6) is -0.256. The molecule has 0 radical (unpaired) electrons. The van der Waals surface area contributed by atoms with Crippen LogP contribution in [0.5, 0.6) is 0 Å². The first-order valence-electron chi connectivity index (χ1n) is 6.42. The van der Waals surface area contributed by atoms with Crippen molar-refractivity contribution in [2.45, 2.75) is 20.4 Å². The number of hydrogen-bond donors (Lipinski definition) is 1. The number of nitrogens with zero attached hydrogens (tertiary/aromatic N) is 3.